The molecule has 0 amide bonds. The highest BCUT2D eigenvalue weighted by atomic mass is 35.5. The van der Waals surface area contributed by atoms with Gasteiger partial charge in [0.15, 0.2) is 0 Å². The van der Waals surface area contributed by atoms with E-state index in [9.17, 15) is 5.11 Å². The number of aromatic hydroxyl groups is 1. The molecule has 0 spiro atoms. The zero-order chi connectivity index (χ0) is 13.7. The van der Waals surface area contributed by atoms with Crippen molar-refractivity contribution in [1.82, 2.24) is 0 Å². The van der Waals surface area contributed by atoms with Gasteiger partial charge in [0.25, 0.3) is 0 Å². The quantitative estimate of drug-likeness (QED) is 0.796. The lowest BCUT2D eigenvalue weighted by Crippen LogP contribution is -2.41. The Morgan fingerprint density at radius 3 is 2.06 bits per heavy atom. The van der Waals surface area contributed by atoms with Gasteiger partial charge in [-0.25, -0.2) is 0 Å². The molecule has 98 valence electrons. The molecule has 1 N–H and O–H groups in total. The summed E-state index contributed by atoms with van der Waals surface area (Å²) in [5, 5.41) is 9.98. The highest BCUT2D eigenvalue weighted by Crippen LogP contribution is 2.37. The molecule has 1 aliphatic rings. The van der Waals surface area contributed by atoms with Gasteiger partial charge in [-0.15, -0.1) is 0 Å². The summed E-state index contributed by atoms with van der Waals surface area (Å²) in [6, 6.07) is 3.52. The Morgan fingerprint density at radius 1 is 1.11 bits per heavy atom. The maximum atomic E-state index is 9.67. The summed E-state index contributed by atoms with van der Waals surface area (Å²) in [4.78, 5) is 0. The van der Waals surface area contributed by atoms with Crippen LogP contribution in [0.4, 0.5) is 0 Å². The summed E-state index contributed by atoms with van der Waals surface area (Å²) in [5.74, 6) is 0.108. The van der Waals surface area contributed by atoms with E-state index in [1.54, 1.807) is 13.0 Å². The monoisotopic (exact) mass is 268 g/mol. The fourth-order valence-electron chi connectivity index (χ4n) is 1.88. The van der Waals surface area contributed by atoms with Gasteiger partial charge >= 0.3 is 7.12 Å². The van der Waals surface area contributed by atoms with Gasteiger partial charge in [-0.05, 0) is 51.7 Å². The zero-order valence-corrected chi connectivity index (χ0v) is 12.1. The number of hydrogen-bond donors (Lipinski definition) is 1. The molecule has 0 aromatic heterocycles. The first-order valence-electron chi connectivity index (χ1n) is 5.99. The highest BCUT2D eigenvalue weighted by Gasteiger charge is 2.51. The van der Waals surface area contributed by atoms with Gasteiger partial charge in [0.1, 0.15) is 5.75 Å². The highest BCUT2D eigenvalue weighted by molar-refractivity contribution is 6.62. The first-order valence-corrected chi connectivity index (χ1v) is 6.36. The van der Waals surface area contributed by atoms with E-state index < -0.39 is 7.12 Å². The molecule has 18 heavy (non-hydrogen) atoms. The standard InChI is InChI=1S/C13H18BClO3/c1-8-6-9(7-10(15)11(8)16)14-17-12(2,3)13(4,5)18-14/h6-7,16H,1-5H3. The van der Waals surface area contributed by atoms with Gasteiger partial charge in [-0.1, -0.05) is 17.7 Å². The van der Waals surface area contributed by atoms with E-state index in [0.29, 0.717) is 10.6 Å². The lowest BCUT2D eigenvalue weighted by molar-refractivity contribution is 0.00578. The van der Waals surface area contributed by atoms with Crippen LogP contribution in [0.3, 0.4) is 0 Å². The predicted octanol–water partition coefficient (Wildman–Crippen LogP) is 2.65. The van der Waals surface area contributed by atoms with Crippen molar-refractivity contribution in [1.29, 1.82) is 0 Å². The molecule has 0 bridgehead atoms. The fourth-order valence-corrected chi connectivity index (χ4v) is 2.15. The SMILES string of the molecule is Cc1cc(B2OC(C)(C)C(C)(C)O2)cc(Cl)c1O. The maximum Gasteiger partial charge on any atom is 0.494 e. The van der Waals surface area contributed by atoms with E-state index in [0.717, 1.165) is 5.46 Å². The molecule has 0 radical (unpaired) electrons. The molecule has 5 heteroatoms. The summed E-state index contributed by atoms with van der Waals surface area (Å²) in [5.41, 5.74) is 0.785. The van der Waals surface area contributed by atoms with Crippen molar-refractivity contribution in [2.75, 3.05) is 0 Å². The summed E-state index contributed by atoms with van der Waals surface area (Å²) < 4.78 is 11.9. The molecule has 0 unspecified atom stereocenters. The predicted molar refractivity (Wildman–Crippen MR) is 73.6 cm³/mol. The van der Waals surface area contributed by atoms with Gasteiger partial charge in [-0.2, -0.15) is 0 Å². The smallest absolute Gasteiger partial charge is 0.494 e. The molecular weight excluding hydrogens is 250 g/mol. The minimum Gasteiger partial charge on any atom is -0.506 e. The summed E-state index contributed by atoms with van der Waals surface area (Å²) in [7, 11) is -0.452. The molecule has 1 aliphatic heterocycles. The van der Waals surface area contributed by atoms with Crippen molar-refractivity contribution < 1.29 is 14.4 Å². The van der Waals surface area contributed by atoms with Crippen LogP contribution in [0.25, 0.3) is 0 Å². The second-order valence-corrected chi connectivity index (χ2v) is 6.16. The average molecular weight is 269 g/mol. The van der Waals surface area contributed by atoms with Crippen molar-refractivity contribution in [2.24, 2.45) is 0 Å². The third kappa shape index (κ3) is 2.13. The van der Waals surface area contributed by atoms with Crippen LogP contribution in [0, 0.1) is 6.92 Å². The molecule has 1 fully saturated rings. The van der Waals surface area contributed by atoms with Crippen LogP contribution in [-0.4, -0.2) is 23.4 Å². The number of phenols is 1. The van der Waals surface area contributed by atoms with Crippen molar-refractivity contribution in [3.63, 3.8) is 0 Å². The first kappa shape index (κ1) is 13.7. The minimum absolute atomic E-state index is 0.108. The Morgan fingerprint density at radius 2 is 1.61 bits per heavy atom. The molecule has 1 aromatic rings. The first-order chi connectivity index (χ1) is 8.14. The Balaban J connectivity index is 2.36. The topological polar surface area (TPSA) is 38.7 Å². The molecule has 2 rings (SSSR count). The fraction of sp³-hybridized carbons (Fsp3) is 0.538. The normalized spacial score (nSPS) is 21.3. The Bertz CT molecular complexity index is 446. The Kier molecular flexibility index (Phi) is 3.17. The minimum atomic E-state index is -0.452. The van der Waals surface area contributed by atoms with Crippen LogP contribution < -0.4 is 5.46 Å². The lowest BCUT2D eigenvalue weighted by atomic mass is 9.78. The average Bonchev–Trinajstić information content (AvgIpc) is 2.44. The van der Waals surface area contributed by atoms with E-state index in [1.165, 1.54) is 0 Å². The van der Waals surface area contributed by atoms with E-state index >= 15 is 0 Å². The van der Waals surface area contributed by atoms with Gasteiger partial charge in [-0.3, -0.25) is 0 Å². The number of aryl methyl sites for hydroxylation is 1. The van der Waals surface area contributed by atoms with Crippen LogP contribution in [0.15, 0.2) is 12.1 Å². The van der Waals surface area contributed by atoms with E-state index in [2.05, 4.69) is 0 Å². The van der Waals surface area contributed by atoms with Crippen molar-refractivity contribution >= 4 is 24.2 Å². The number of rotatable bonds is 1. The van der Waals surface area contributed by atoms with Gasteiger partial charge < -0.3 is 14.4 Å². The molecule has 1 heterocycles. The van der Waals surface area contributed by atoms with Crippen molar-refractivity contribution in [3.8, 4) is 5.75 Å². The molecule has 1 aromatic carbocycles. The number of phenolic OH excluding ortho intramolecular Hbond substituents is 1. The van der Waals surface area contributed by atoms with Crippen LogP contribution in [0.1, 0.15) is 33.3 Å². The number of benzene rings is 1. The third-order valence-electron chi connectivity index (χ3n) is 3.80. The van der Waals surface area contributed by atoms with Crippen LogP contribution >= 0.6 is 11.6 Å². The van der Waals surface area contributed by atoms with Crippen LogP contribution in [-0.2, 0) is 9.31 Å². The second-order valence-electron chi connectivity index (χ2n) is 5.76. The number of hydrogen-bond acceptors (Lipinski definition) is 3. The largest absolute Gasteiger partial charge is 0.506 e. The van der Waals surface area contributed by atoms with E-state index in [1.807, 2.05) is 33.8 Å². The molecule has 0 aliphatic carbocycles. The van der Waals surface area contributed by atoms with Crippen molar-refractivity contribution in [3.05, 3.63) is 22.7 Å². The van der Waals surface area contributed by atoms with Crippen LogP contribution in [0.2, 0.25) is 5.02 Å². The molecule has 0 atom stereocenters. The summed E-state index contributed by atoms with van der Waals surface area (Å²) in [6.45, 7) is 9.81. The van der Waals surface area contributed by atoms with E-state index in [4.69, 9.17) is 20.9 Å². The van der Waals surface area contributed by atoms with Crippen LogP contribution in [0.5, 0.6) is 5.75 Å². The Labute approximate surface area is 113 Å². The zero-order valence-electron chi connectivity index (χ0n) is 11.4. The molecular formula is C13H18BClO3. The summed E-state index contributed by atoms with van der Waals surface area (Å²) in [6.07, 6.45) is 0. The lowest BCUT2D eigenvalue weighted by Gasteiger charge is -2.32. The number of halogens is 1. The van der Waals surface area contributed by atoms with E-state index in [-0.39, 0.29) is 17.0 Å². The van der Waals surface area contributed by atoms with Crippen molar-refractivity contribution in [2.45, 2.75) is 45.8 Å². The molecule has 3 nitrogen and oxygen atoms in total. The van der Waals surface area contributed by atoms with Gasteiger partial charge in [0, 0.05) is 0 Å². The molecule has 0 saturated carbocycles. The maximum absolute atomic E-state index is 9.67. The third-order valence-corrected chi connectivity index (χ3v) is 4.09. The Hall–Kier alpha value is -0.705. The van der Waals surface area contributed by atoms with Gasteiger partial charge in [0.05, 0.1) is 16.2 Å². The second kappa shape index (κ2) is 4.15. The van der Waals surface area contributed by atoms with Gasteiger partial charge in [0.2, 0.25) is 0 Å². The molecule has 1 saturated heterocycles. The summed E-state index contributed by atoms with van der Waals surface area (Å²) >= 11 is 5.98.